The smallest absolute Gasteiger partial charge is 0.0147 e. The molecule has 0 amide bonds. The zero-order chi connectivity index (χ0) is 10.6. The molecular formula is C11H26N2. The Balaban J connectivity index is 4.06. The van der Waals surface area contributed by atoms with Crippen molar-refractivity contribution < 1.29 is 0 Å². The summed E-state index contributed by atoms with van der Waals surface area (Å²) < 4.78 is 0. The van der Waals surface area contributed by atoms with Crippen molar-refractivity contribution >= 4 is 0 Å². The van der Waals surface area contributed by atoms with Crippen LogP contribution in [0.15, 0.2) is 0 Å². The second-order valence-corrected chi connectivity index (χ2v) is 4.88. The fourth-order valence-corrected chi connectivity index (χ4v) is 1.12. The minimum Gasteiger partial charge on any atom is -0.328 e. The van der Waals surface area contributed by atoms with Crippen LogP contribution in [0.5, 0.6) is 0 Å². The average molecular weight is 186 g/mol. The number of nitrogens with zero attached hydrogens (tertiary/aromatic N) is 1. The fraction of sp³-hybridized carbons (Fsp3) is 1.00. The second kappa shape index (κ2) is 4.97. The van der Waals surface area contributed by atoms with Crippen LogP contribution in [0.25, 0.3) is 0 Å². The topological polar surface area (TPSA) is 29.3 Å². The van der Waals surface area contributed by atoms with E-state index in [4.69, 9.17) is 5.73 Å². The molecule has 0 aliphatic carbocycles. The van der Waals surface area contributed by atoms with Gasteiger partial charge in [0.05, 0.1) is 0 Å². The zero-order valence-electron chi connectivity index (χ0n) is 10.1. The summed E-state index contributed by atoms with van der Waals surface area (Å²) in [5.41, 5.74) is 6.14. The number of nitrogens with two attached hydrogens (primary N) is 1. The molecule has 13 heavy (non-hydrogen) atoms. The summed E-state index contributed by atoms with van der Waals surface area (Å²) in [6.45, 7) is 12.2. The lowest BCUT2D eigenvalue weighted by atomic mass is 9.96. The van der Waals surface area contributed by atoms with Crippen LogP contribution >= 0.6 is 0 Å². The van der Waals surface area contributed by atoms with Gasteiger partial charge in [0, 0.05) is 18.1 Å². The Morgan fingerprint density at radius 2 is 1.77 bits per heavy atom. The molecule has 2 heteroatoms. The van der Waals surface area contributed by atoms with Crippen molar-refractivity contribution in [2.75, 3.05) is 13.6 Å². The minimum absolute atomic E-state index is 0.287. The molecule has 0 spiro atoms. The van der Waals surface area contributed by atoms with E-state index in [0.29, 0.717) is 11.5 Å². The first-order valence-electron chi connectivity index (χ1n) is 5.28. The summed E-state index contributed by atoms with van der Waals surface area (Å²) in [5.74, 6) is 0.566. The summed E-state index contributed by atoms with van der Waals surface area (Å²) in [6, 6.07) is 0.287. The normalized spacial score (nSPS) is 17.5. The Morgan fingerprint density at radius 1 is 1.31 bits per heavy atom. The Bertz CT molecular complexity index is 141. The molecule has 0 aromatic rings. The van der Waals surface area contributed by atoms with E-state index in [0.717, 1.165) is 6.54 Å². The largest absolute Gasteiger partial charge is 0.328 e. The van der Waals surface area contributed by atoms with E-state index in [-0.39, 0.29) is 6.04 Å². The van der Waals surface area contributed by atoms with Gasteiger partial charge in [0.15, 0.2) is 0 Å². The highest BCUT2D eigenvalue weighted by atomic mass is 15.2. The summed E-state index contributed by atoms with van der Waals surface area (Å²) in [7, 11) is 2.18. The van der Waals surface area contributed by atoms with Gasteiger partial charge in [-0.2, -0.15) is 0 Å². The third kappa shape index (κ3) is 4.10. The van der Waals surface area contributed by atoms with Crippen molar-refractivity contribution in [3.8, 4) is 0 Å². The Kier molecular flexibility index (Phi) is 4.93. The molecule has 2 nitrogen and oxygen atoms in total. The van der Waals surface area contributed by atoms with Crippen LogP contribution in [0.2, 0.25) is 0 Å². The maximum atomic E-state index is 5.84. The van der Waals surface area contributed by atoms with E-state index in [2.05, 4.69) is 46.6 Å². The monoisotopic (exact) mass is 186 g/mol. The van der Waals surface area contributed by atoms with E-state index in [9.17, 15) is 0 Å². The van der Waals surface area contributed by atoms with Gasteiger partial charge < -0.3 is 10.6 Å². The van der Waals surface area contributed by atoms with Gasteiger partial charge in [-0.3, -0.25) is 0 Å². The molecule has 0 aliphatic heterocycles. The molecule has 0 rings (SSSR count). The Morgan fingerprint density at radius 3 is 2.08 bits per heavy atom. The standard InChI is InChI=1S/C11H26N2/c1-7-11(4,5)13(6)8-9(2)10(3)12/h9-10H,7-8,12H2,1-6H3. The molecule has 80 valence electrons. The lowest BCUT2D eigenvalue weighted by Gasteiger charge is -2.37. The average Bonchev–Trinajstić information content (AvgIpc) is 2.04. The van der Waals surface area contributed by atoms with Crippen LogP contribution in [-0.4, -0.2) is 30.1 Å². The predicted molar refractivity (Wildman–Crippen MR) is 59.8 cm³/mol. The Labute approximate surface area is 83.5 Å². The van der Waals surface area contributed by atoms with Crippen LogP contribution in [-0.2, 0) is 0 Å². The molecule has 0 heterocycles. The predicted octanol–water partition coefficient (Wildman–Crippen LogP) is 2.09. The summed E-state index contributed by atoms with van der Waals surface area (Å²) in [6.07, 6.45) is 1.18. The van der Waals surface area contributed by atoms with E-state index in [1.54, 1.807) is 0 Å². The number of hydrogen-bond acceptors (Lipinski definition) is 2. The molecule has 0 radical (unpaired) electrons. The third-order valence-electron chi connectivity index (χ3n) is 3.36. The number of hydrogen-bond donors (Lipinski definition) is 1. The SMILES string of the molecule is CCC(C)(C)N(C)CC(C)C(C)N. The van der Waals surface area contributed by atoms with Crippen LogP contribution in [0.1, 0.15) is 41.0 Å². The van der Waals surface area contributed by atoms with Crippen LogP contribution in [0.4, 0.5) is 0 Å². The molecule has 0 bridgehead atoms. The lowest BCUT2D eigenvalue weighted by Crippen LogP contribution is -2.45. The van der Waals surface area contributed by atoms with Crippen molar-refractivity contribution in [2.24, 2.45) is 11.7 Å². The van der Waals surface area contributed by atoms with Crippen molar-refractivity contribution in [3.05, 3.63) is 0 Å². The van der Waals surface area contributed by atoms with Crippen LogP contribution < -0.4 is 5.73 Å². The lowest BCUT2D eigenvalue weighted by molar-refractivity contribution is 0.126. The maximum Gasteiger partial charge on any atom is 0.0147 e. The van der Waals surface area contributed by atoms with Gasteiger partial charge in [-0.25, -0.2) is 0 Å². The first-order valence-corrected chi connectivity index (χ1v) is 5.28. The van der Waals surface area contributed by atoms with Crippen LogP contribution in [0.3, 0.4) is 0 Å². The molecule has 0 saturated heterocycles. The maximum absolute atomic E-state index is 5.84. The first-order chi connectivity index (χ1) is 5.81. The third-order valence-corrected chi connectivity index (χ3v) is 3.36. The fourth-order valence-electron chi connectivity index (χ4n) is 1.12. The van der Waals surface area contributed by atoms with E-state index >= 15 is 0 Å². The quantitative estimate of drug-likeness (QED) is 0.712. The minimum atomic E-state index is 0.287. The van der Waals surface area contributed by atoms with E-state index in [1.165, 1.54) is 6.42 Å². The summed E-state index contributed by atoms with van der Waals surface area (Å²) in [4.78, 5) is 2.40. The van der Waals surface area contributed by atoms with Gasteiger partial charge in [-0.05, 0) is 40.2 Å². The highest BCUT2D eigenvalue weighted by Gasteiger charge is 2.23. The van der Waals surface area contributed by atoms with Crippen LogP contribution in [0, 0.1) is 5.92 Å². The van der Waals surface area contributed by atoms with Gasteiger partial charge in [-0.15, -0.1) is 0 Å². The Hall–Kier alpha value is -0.0800. The zero-order valence-corrected chi connectivity index (χ0v) is 10.1. The summed E-state index contributed by atoms with van der Waals surface area (Å²) >= 11 is 0. The van der Waals surface area contributed by atoms with Crippen molar-refractivity contribution in [1.29, 1.82) is 0 Å². The van der Waals surface area contributed by atoms with Crippen molar-refractivity contribution in [1.82, 2.24) is 4.90 Å². The van der Waals surface area contributed by atoms with E-state index in [1.807, 2.05) is 0 Å². The molecule has 0 fully saturated rings. The highest BCUT2D eigenvalue weighted by Crippen LogP contribution is 2.18. The molecular weight excluding hydrogens is 160 g/mol. The van der Waals surface area contributed by atoms with E-state index < -0.39 is 0 Å². The molecule has 2 unspecified atom stereocenters. The van der Waals surface area contributed by atoms with Crippen molar-refractivity contribution in [3.63, 3.8) is 0 Å². The molecule has 0 aromatic heterocycles. The first kappa shape index (κ1) is 12.9. The van der Waals surface area contributed by atoms with Gasteiger partial charge in [0.25, 0.3) is 0 Å². The highest BCUT2D eigenvalue weighted by molar-refractivity contribution is 4.79. The molecule has 0 aromatic carbocycles. The second-order valence-electron chi connectivity index (χ2n) is 4.88. The van der Waals surface area contributed by atoms with Gasteiger partial charge >= 0.3 is 0 Å². The van der Waals surface area contributed by atoms with Crippen molar-refractivity contribution in [2.45, 2.75) is 52.6 Å². The molecule has 0 saturated carbocycles. The molecule has 2 atom stereocenters. The molecule has 2 N–H and O–H groups in total. The van der Waals surface area contributed by atoms with Gasteiger partial charge in [0.2, 0.25) is 0 Å². The number of rotatable bonds is 5. The summed E-state index contributed by atoms with van der Waals surface area (Å²) in [5, 5.41) is 0. The van der Waals surface area contributed by atoms with Gasteiger partial charge in [0.1, 0.15) is 0 Å². The molecule has 0 aliphatic rings. The van der Waals surface area contributed by atoms with Gasteiger partial charge in [-0.1, -0.05) is 13.8 Å².